The summed E-state index contributed by atoms with van der Waals surface area (Å²) in [4.78, 5) is 31.4. The Hall–Kier alpha value is -3.46. The Bertz CT molecular complexity index is 1010. The van der Waals surface area contributed by atoms with Gasteiger partial charge in [-0.15, -0.1) is 0 Å². The highest BCUT2D eigenvalue weighted by atomic mass is 16.6. The number of amides is 3. The lowest BCUT2D eigenvalue weighted by Crippen LogP contribution is -2.50. The first-order valence-corrected chi connectivity index (χ1v) is 11.9. The van der Waals surface area contributed by atoms with Gasteiger partial charge in [-0.2, -0.15) is 0 Å². The van der Waals surface area contributed by atoms with Crippen LogP contribution in [0.3, 0.4) is 0 Å². The fraction of sp³-hybridized carbons (Fsp3) is 0.440. The Morgan fingerprint density at radius 1 is 0.941 bits per heavy atom. The third-order valence-corrected chi connectivity index (χ3v) is 6.50. The van der Waals surface area contributed by atoms with Crippen molar-refractivity contribution in [1.82, 2.24) is 15.5 Å². The lowest BCUT2D eigenvalue weighted by Gasteiger charge is -2.36. The van der Waals surface area contributed by atoms with Gasteiger partial charge in [-0.3, -0.25) is 9.69 Å². The molecule has 3 heterocycles. The Kier molecular flexibility index (Phi) is 6.71. The average Bonchev–Trinajstić information content (AvgIpc) is 3.24. The fourth-order valence-corrected chi connectivity index (χ4v) is 4.69. The number of ether oxygens (including phenoxy) is 2. The van der Waals surface area contributed by atoms with Gasteiger partial charge in [0.05, 0.1) is 6.04 Å². The summed E-state index contributed by atoms with van der Waals surface area (Å²) >= 11 is 0. The number of urea groups is 1. The summed E-state index contributed by atoms with van der Waals surface area (Å²) in [7, 11) is 0. The minimum absolute atomic E-state index is 0.0155. The molecule has 9 heteroatoms. The van der Waals surface area contributed by atoms with Crippen LogP contribution in [-0.4, -0.2) is 81.9 Å². The van der Waals surface area contributed by atoms with Crippen molar-refractivity contribution < 1.29 is 19.1 Å². The van der Waals surface area contributed by atoms with Crippen molar-refractivity contribution >= 4 is 23.3 Å². The molecular formula is C25H31N5O4. The largest absolute Gasteiger partial charge is 0.486 e. The first kappa shape index (κ1) is 22.3. The quantitative estimate of drug-likeness (QED) is 0.675. The van der Waals surface area contributed by atoms with Gasteiger partial charge in [0.2, 0.25) is 5.91 Å². The molecule has 0 radical (unpaired) electrons. The van der Waals surface area contributed by atoms with E-state index in [-0.39, 0.29) is 24.4 Å². The van der Waals surface area contributed by atoms with Crippen LogP contribution in [0.1, 0.15) is 6.42 Å². The van der Waals surface area contributed by atoms with E-state index in [1.165, 1.54) is 5.69 Å². The molecule has 34 heavy (non-hydrogen) atoms. The van der Waals surface area contributed by atoms with E-state index in [0.29, 0.717) is 37.8 Å². The fourth-order valence-electron chi connectivity index (χ4n) is 4.69. The molecule has 9 nitrogen and oxygen atoms in total. The third kappa shape index (κ3) is 5.20. The zero-order chi connectivity index (χ0) is 23.3. The molecule has 2 aromatic carbocycles. The van der Waals surface area contributed by atoms with Gasteiger partial charge in [0.1, 0.15) is 13.2 Å². The van der Waals surface area contributed by atoms with Gasteiger partial charge >= 0.3 is 6.03 Å². The lowest BCUT2D eigenvalue weighted by molar-refractivity contribution is -0.117. The van der Waals surface area contributed by atoms with E-state index in [1.54, 1.807) is 4.90 Å². The zero-order valence-corrected chi connectivity index (χ0v) is 19.2. The normalized spacial score (nSPS) is 20.4. The Morgan fingerprint density at radius 2 is 1.71 bits per heavy atom. The number of piperazine rings is 1. The molecule has 2 fully saturated rings. The topological polar surface area (TPSA) is 86.4 Å². The number of hydrogen-bond acceptors (Lipinski definition) is 6. The number of nitrogens with zero attached hydrogens (tertiary/aromatic N) is 3. The number of benzene rings is 2. The number of carbonyl (C=O) groups is 2. The van der Waals surface area contributed by atoms with Crippen LogP contribution in [0.25, 0.3) is 0 Å². The van der Waals surface area contributed by atoms with Crippen molar-refractivity contribution in [1.29, 1.82) is 0 Å². The number of rotatable bonds is 6. The van der Waals surface area contributed by atoms with Gasteiger partial charge in [0, 0.05) is 69.7 Å². The summed E-state index contributed by atoms with van der Waals surface area (Å²) < 4.78 is 11.2. The molecule has 180 valence electrons. The van der Waals surface area contributed by atoms with Crippen LogP contribution in [0, 0.1) is 0 Å². The summed E-state index contributed by atoms with van der Waals surface area (Å²) in [6, 6.07) is 15.5. The number of anilines is 2. The Labute approximate surface area is 199 Å². The van der Waals surface area contributed by atoms with E-state index >= 15 is 0 Å². The first-order valence-electron chi connectivity index (χ1n) is 11.9. The van der Waals surface area contributed by atoms with Crippen LogP contribution < -0.4 is 29.9 Å². The average molecular weight is 466 g/mol. The smallest absolute Gasteiger partial charge is 0.315 e. The summed E-state index contributed by atoms with van der Waals surface area (Å²) in [5, 5.41) is 5.88. The van der Waals surface area contributed by atoms with Gasteiger partial charge in [-0.1, -0.05) is 18.2 Å². The van der Waals surface area contributed by atoms with Crippen LogP contribution >= 0.6 is 0 Å². The number of para-hydroxylation sites is 1. The second-order valence-electron chi connectivity index (χ2n) is 8.80. The van der Waals surface area contributed by atoms with Gasteiger partial charge in [0.25, 0.3) is 0 Å². The molecule has 2 N–H and O–H groups in total. The first-order chi connectivity index (χ1) is 16.7. The molecule has 3 aliphatic heterocycles. The molecule has 3 amide bonds. The SMILES string of the molecule is O=C(NCCN1CCN(c2ccccc2)CC1)NC1CC(=O)N(c2ccc3c(c2)OCCO3)C1. The van der Waals surface area contributed by atoms with E-state index in [0.717, 1.165) is 38.4 Å². The van der Waals surface area contributed by atoms with Crippen LogP contribution in [0.4, 0.5) is 16.2 Å². The van der Waals surface area contributed by atoms with E-state index in [2.05, 4.69) is 44.7 Å². The maximum Gasteiger partial charge on any atom is 0.315 e. The number of nitrogens with one attached hydrogen (secondary N) is 2. The van der Waals surface area contributed by atoms with Crippen molar-refractivity contribution in [2.24, 2.45) is 0 Å². The highest BCUT2D eigenvalue weighted by Crippen LogP contribution is 2.35. The maximum absolute atomic E-state index is 12.6. The molecule has 5 rings (SSSR count). The third-order valence-electron chi connectivity index (χ3n) is 6.50. The maximum atomic E-state index is 12.6. The van der Waals surface area contributed by atoms with Gasteiger partial charge in [-0.05, 0) is 24.3 Å². The van der Waals surface area contributed by atoms with E-state index < -0.39 is 0 Å². The molecule has 0 bridgehead atoms. The van der Waals surface area contributed by atoms with E-state index in [1.807, 2.05) is 24.3 Å². The summed E-state index contributed by atoms with van der Waals surface area (Å²) in [6.45, 7) is 6.75. The predicted octanol–water partition coefficient (Wildman–Crippen LogP) is 1.68. The highest BCUT2D eigenvalue weighted by molar-refractivity contribution is 5.97. The zero-order valence-electron chi connectivity index (χ0n) is 19.2. The predicted molar refractivity (Wildman–Crippen MR) is 130 cm³/mol. The molecule has 0 spiro atoms. The van der Waals surface area contributed by atoms with Crippen LogP contribution in [0.15, 0.2) is 48.5 Å². The molecule has 1 atom stereocenters. The minimum Gasteiger partial charge on any atom is -0.486 e. The van der Waals surface area contributed by atoms with Crippen molar-refractivity contribution in [2.45, 2.75) is 12.5 Å². The Morgan fingerprint density at radius 3 is 2.50 bits per heavy atom. The van der Waals surface area contributed by atoms with Gasteiger partial charge in [0.15, 0.2) is 11.5 Å². The van der Waals surface area contributed by atoms with Crippen LogP contribution in [0.5, 0.6) is 11.5 Å². The number of carbonyl (C=O) groups excluding carboxylic acids is 2. The lowest BCUT2D eigenvalue weighted by atomic mass is 10.2. The minimum atomic E-state index is -0.232. The monoisotopic (exact) mass is 465 g/mol. The second-order valence-corrected chi connectivity index (χ2v) is 8.80. The molecular weight excluding hydrogens is 434 g/mol. The van der Waals surface area contributed by atoms with E-state index in [4.69, 9.17) is 9.47 Å². The summed E-state index contributed by atoms with van der Waals surface area (Å²) in [5.41, 5.74) is 2.02. The van der Waals surface area contributed by atoms with Gasteiger partial charge in [-0.25, -0.2) is 4.79 Å². The molecule has 0 aromatic heterocycles. The Balaban J connectivity index is 1.03. The van der Waals surface area contributed by atoms with Crippen LogP contribution in [0.2, 0.25) is 0 Å². The standard InChI is InChI=1S/C25H31N5O4/c31-24-16-19(18-30(24)21-6-7-22-23(17-21)34-15-14-33-22)27-25(32)26-8-9-28-10-12-29(13-11-28)20-4-2-1-3-5-20/h1-7,17,19H,8-16,18H2,(H2,26,27,32). The van der Waals surface area contributed by atoms with Gasteiger partial charge < -0.3 is 29.9 Å². The van der Waals surface area contributed by atoms with Crippen molar-refractivity contribution in [3.05, 3.63) is 48.5 Å². The molecule has 3 aliphatic rings. The summed E-state index contributed by atoms with van der Waals surface area (Å²) in [5.74, 6) is 1.32. The second kappa shape index (κ2) is 10.2. The number of hydrogen-bond donors (Lipinski definition) is 2. The molecule has 2 saturated heterocycles. The molecule has 1 unspecified atom stereocenters. The van der Waals surface area contributed by atoms with Crippen LogP contribution in [-0.2, 0) is 4.79 Å². The molecule has 0 aliphatic carbocycles. The van der Waals surface area contributed by atoms with Crippen molar-refractivity contribution in [2.75, 3.05) is 68.8 Å². The molecule has 0 saturated carbocycles. The summed E-state index contributed by atoms with van der Waals surface area (Å²) in [6.07, 6.45) is 0.281. The van der Waals surface area contributed by atoms with Crippen molar-refractivity contribution in [3.8, 4) is 11.5 Å². The molecule has 2 aromatic rings. The number of fused-ring (bicyclic) bond motifs is 1. The van der Waals surface area contributed by atoms with Crippen molar-refractivity contribution in [3.63, 3.8) is 0 Å². The highest BCUT2D eigenvalue weighted by Gasteiger charge is 2.32. The van der Waals surface area contributed by atoms with E-state index in [9.17, 15) is 9.59 Å².